The lowest BCUT2D eigenvalue weighted by Gasteiger charge is -2.27. The van der Waals surface area contributed by atoms with Crippen molar-refractivity contribution < 1.29 is 63.0 Å². The van der Waals surface area contributed by atoms with E-state index >= 15 is 0 Å². The van der Waals surface area contributed by atoms with Crippen LogP contribution in [0.15, 0.2) is 72.9 Å². The van der Waals surface area contributed by atoms with E-state index in [9.17, 15) is 63.0 Å². The van der Waals surface area contributed by atoms with Gasteiger partial charge in [-0.3, -0.25) is 57.7 Å². The first-order valence-electron chi connectivity index (χ1n) is 29.5. The number of pyridine rings is 1. The van der Waals surface area contributed by atoms with E-state index in [-0.39, 0.29) is 82.6 Å². The van der Waals surface area contributed by atoms with E-state index in [0.717, 1.165) is 0 Å². The number of nitrogens with two attached hydrogens (primary N) is 5. The number of aliphatic hydroxyl groups is 2. The van der Waals surface area contributed by atoms with Crippen molar-refractivity contribution in [2.24, 2.45) is 52.3 Å². The van der Waals surface area contributed by atoms with Crippen molar-refractivity contribution in [3.8, 4) is 11.3 Å². The molecule has 1 aromatic heterocycles. The summed E-state index contributed by atoms with van der Waals surface area (Å²) in [5.74, 6) is -12.7. The Hall–Kier alpha value is -7.63. The van der Waals surface area contributed by atoms with Gasteiger partial charge in [0.2, 0.25) is 47.3 Å². The highest BCUT2D eigenvalue weighted by atomic mass is 35.5. The van der Waals surface area contributed by atoms with Gasteiger partial charge in [0.15, 0.2) is 17.3 Å². The highest BCUT2D eigenvalue weighted by molar-refractivity contribution is 6.30. The van der Waals surface area contributed by atoms with Crippen molar-refractivity contribution in [1.29, 1.82) is 0 Å². The second-order valence-electron chi connectivity index (χ2n) is 22.2. The Morgan fingerprint density at radius 3 is 1.85 bits per heavy atom. The topological polar surface area (TPSA) is 467 Å². The lowest BCUT2D eigenvalue weighted by atomic mass is 9.88. The van der Waals surface area contributed by atoms with Gasteiger partial charge in [0, 0.05) is 66.5 Å². The molecule has 0 radical (unpaired) electrons. The van der Waals surface area contributed by atoms with Gasteiger partial charge >= 0.3 is 0 Å². The Bertz CT molecular complexity index is 2870. The number of nitrogens with zero attached hydrogens (tertiary/aromatic N) is 1. The van der Waals surface area contributed by atoms with Crippen LogP contribution in [0.4, 0.5) is 0 Å². The molecule has 8 amide bonds. The van der Waals surface area contributed by atoms with Crippen molar-refractivity contribution in [3.63, 3.8) is 0 Å². The Labute approximate surface area is 516 Å². The van der Waals surface area contributed by atoms with Gasteiger partial charge in [-0.15, -0.1) is 0 Å². The van der Waals surface area contributed by atoms with Crippen LogP contribution in [0.5, 0.6) is 0 Å². The van der Waals surface area contributed by atoms with E-state index < -0.39 is 170 Å². The predicted octanol–water partition coefficient (Wildman–Crippen LogP) is -2.33. The van der Waals surface area contributed by atoms with Gasteiger partial charge in [0.05, 0.1) is 30.4 Å². The predicted molar refractivity (Wildman–Crippen MR) is 327 cm³/mol. The van der Waals surface area contributed by atoms with Crippen molar-refractivity contribution in [2.75, 3.05) is 45.9 Å². The SMILES string of the molecule is CC(C)C[C@@H]1CC(=O)[C@@H](Cc2ccccc2)NC(=O)[C@H](CCN)NC(=O)[C@@H](NC(=O)[C@@H](CN)CC(=O)[C@H](CO)NC(=O)[C@H](CCN)CC(=O)c2ccnc(-c3cccc(Cl)c3)c2)CCNC(=O)[C@H]([C@@H](C)O)NC(=O)[C@H](CCN)NC(=O)[C@H](CCN)NC1=O. The van der Waals surface area contributed by atoms with Crippen LogP contribution in [0.2, 0.25) is 5.02 Å². The average Bonchev–Trinajstić information content (AvgIpc) is 3.70. The fraction of sp³-hybridized carbons (Fsp3) is 0.533. The molecular formula is C60H87ClN14O13. The fourth-order valence-corrected chi connectivity index (χ4v) is 10.1. The summed E-state index contributed by atoms with van der Waals surface area (Å²) in [6.45, 7) is 2.48. The van der Waals surface area contributed by atoms with Crippen LogP contribution in [0, 0.1) is 23.7 Å². The number of carbonyl (C=O) groups is 11. The monoisotopic (exact) mass is 1250 g/mol. The number of rotatable bonds is 26. The molecule has 482 valence electrons. The number of Topliss-reactive ketones (excluding diaryl/α,β-unsaturated/α-hetero) is 3. The van der Waals surface area contributed by atoms with E-state index in [1.807, 2.05) is 13.8 Å². The number of hydrogen-bond donors (Lipinski definition) is 15. The van der Waals surface area contributed by atoms with Crippen molar-refractivity contribution in [2.45, 2.75) is 133 Å². The first-order chi connectivity index (χ1) is 42.0. The Kier molecular flexibility index (Phi) is 30.8. The maximum Gasteiger partial charge on any atom is 0.245 e. The molecule has 20 N–H and O–H groups in total. The maximum absolute atomic E-state index is 14.5. The number of carbonyl (C=O) groups excluding carboxylic acids is 11. The third-order valence-corrected chi connectivity index (χ3v) is 15.0. The molecule has 4 rings (SSSR count). The summed E-state index contributed by atoms with van der Waals surface area (Å²) in [7, 11) is 0. The third kappa shape index (κ3) is 23.1. The first-order valence-corrected chi connectivity index (χ1v) is 29.9. The molecule has 0 unspecified atom stereocenters. The highest BCUT2D eigenvalue weighted by Crippen LogP contribution is 2.24. The van der Waals surface area contributed by atoms with Gasteiger partial charge in [-0.2, -0.15) is 0 Å². The molecule has 2 aromatic carbocycles. The summed E-state index contributed by atoms with van der Waals surface area (Å²) < 4.78 is 0. The summed E-state index contributed by atoms with van der Waals surface area (Å²) in [5, 5.41) is 42.1. The number of aliphatic hydroxyl groups excluding tert-OH is 2. The van der Waals surface area contributed by atoms with Gasteiger partial charge < -0.3 is 81.4 Å². The highest BCUT2D eigenvalue weighted by Gasteiger charge is 2.37. The molecule has 1 aliphatic heterocycles. The quantitative estimate of drug-likeness (QED) is 0.0375. The fourth-order valence-electron chi connectivity index (χ4n) is 9.88. The summed E-state index contributed by atoms with van der Waals surface area (Å²) in [6, 6.07) is 8.07. The second-order valence-corrected chi connectivity index (χ2v) is 22.7. The van der Waals surface area contributed by atoms with E-state index in [0.29, 0.717) is 21.8 Å². The molecule has 0 spiro atoms. The summed E-state index contributed by atoms with van der Waals surface area (Å²) in [4.78, 5) is 159. The van der Waals surface area contributed by atoms with E-state index in [2.05, 4.69) is 47.5 Å². The van der Waals surface area contributed by atoms with Crippen LogP contribution in [-0.4, -0.2) is 174 Å². The van der Waals surface area contributed by atoms with E-state index in [1.165, 1.54) is 19.2 Å². The van der Waals surface area contributed by atoms with Gasteiger partial charge in [0.1, 0.15) is 36.3 Å². The lowest BCUT2D eigenvalue weighted by Crippen LogP contribution is -2.60. The Morgan fingerprint density at radius 2 is 1.28 bits per heavy atom. The summed E-state index contributed by atoms with van der Waals surface area (Å²) in [6.07, 6.45) is -2.44. The van der Waals surface area contributed by atoms with Gasteiger partial charge in [-0.1, -0.05) is 67.9 Å². The molecular weight excluding hydrogens is 1160 g/mol. The molecule has 0 bridgehead atoms. The standard InChI is InChI=1S/C60H87ClN14O13/c1-33(2)24-39-29-50(79)47(25-35-8-5-4-6-9-35)73-57(85)43(14-20-64)71-58(86)45(17-23-68-60(88)52(34(3)77)75-59(87)44(15-21-65)72-56(84)42(13-19-63)69-54(39)82)70-55(83)40(31-66)30-51(80)48(32-76)74-53(81)38(12-18-62)28-49(78)37-16-22-67-46(27-37)36-10-7-11-41(61)26-36/h4-11,16,22,26-27,33-34,38-40,42-45,47-48,52,76-77H,12-15,17-21,23-25,28-32,62-66H2,1-3H3,(H,68,88)(H,69,82)(H,70,83)(H,71,86)(H,72,84)(H,73,85)(H,74,81)(H,75,87)/t34-,38-,39-,40-,42+,43+,44+,45+,47-,48+,52+/m1/s1. The van der Waals surface area contributed by atoms with Crippen LogP contribution in [0.1, 0.15) is 94.5 Å². The molecule has 28 heteroatoms. The molecule has 0 saturated carbocycles. The number of nitrogens with one attached hydrogen (secondary N) is 8. The molecule has 1 aliphatic rings. The number of hydrogen-bond acceptors (Lipinski definition) is 19. The minimum Gasteiger partial charge on any atom is -0.394 e. The Morgan fingerprint density at radius 1 is 0.682 bits per heavy atom. The minimum absolute atomic E-state index is 0.00650. The zero-order chi connectivity index (χ0) is 65.0. The zero-order valence-electron chi connectivity index (χ0n) is 50.0. The maximum atomic E-state index is 14.5. The van der Waals surface area contributed by atoms with Crippen molar-refractivity contribution in [1.82, 2.24) is 47.5 Å². The first kappa shape index (κ1) is 72.8. The van der Waals surface area contributed by atoms with Crippen LogP contribution in [-0.2, 0) is 54.4 Å². The van der Waals surface area contributed by atoms with Crippen LogP contribution >= 0.6 is 11.6 Å². The molecule has 27 nitrogen and oxygen atoms in total. The third-order valence-electron chi connectivity index (χ3n) is 14.8. The van der Waals surface area contributed by atoms with Gasteiger partial charge in [0.25, 0.3) is 0 Å². The largest absolute Gasteiger partial charge is 0.394 e. The molecule has 0 aliphatic carbocycles. The number of benzene rings is 2. The van der Waals surface area contributed by atoms with Gasteiger partial charge in [-0.05, 0) is 114 Å². The Balaban J connectivity index is 1.66. The molecule has 1 fully saturated rings. The van der Waals surface area contributed by atoms with Crippen molar-refractivity contribution in [3.05, 3.63) is 89.1 Å². The molecule has 2 heterocycles. The van der Waals surface area contributed by atoms with Crippen molar-refractivity contribution >= 4 is 76.2 Å². The van der Waals surface area contributed by atoms with E-state index in [1.54, 1.807) is 60.7 Å². The number of amides is 8. The number of ketones is 3. The molecule has 11 atom stereocenters. The number of halogens is 1. The number of aromatic nitrogens is 1. The molecule has 1 saturated heterocycles. The smallest absolute Gasteiger partial charge is 0.245 e. The minimum atomic E-state index is -1.68. The van der Waals surface area contributed by atoms with Crippen LogP contribution in [0.25, 0.3) is 11.3 Å². The summed E-state index contributed by atoms with van der Waals surface area (Å²) in [5.41, 5.74) is 31.6. The molecule has 88 heavy (non-hydrogen) atoms. The zero-order valence-corrected chi connectivity index (χ0v) is 50.7. The van der Waals surface area contributed by atoms with Gasteiger partial charge in [-0.25, -0.2) is 0 Å². The van der Waals surface area contributed by atoms with Crippen LogP contribution in [0.3, 0.4) is 0 Å². The summed E-state index contributed by atoms with van der Waals surface area (Å²) >= 11 is 6.17. The van der Waals surface area contributed by atoms with Crippen LogP contribution < -0.4 is 71.2 Å². The second kappa shape index (κ2) is 37.3. The average molecular weight is 1250 g/mol. The normalized spacial score (nSPS) is 21.9. The van der Waals surface area contributed by atoms with E-state index in [4.69, 9.17) is 40.3 Å². The molecule has 3 aromatic rings. The lowest BCUT2D eigenvalue weighted by molar-refractivity contribution is -0.136.